The lowest BCUT2D eigenvalue weighted by Crippen LogP contribution is -2.14. The van der Waals surface area contributed by atoms with E-state index >= 15 is 0 Å². The van der Waals surface area contributed by atoms with Crippen LogP contribution >= 0.6 is 0 Å². The van der Waals surface area contributed by atoms with Crippen molar-refractivity contribution >= 4 is 0 Å². The van der Waals surface area contributed by atoms with Crippen LogP contribution in [0.1, 0.15) is 51.4 Å². The zero-order valence-electron chi connectivity index (χ0n) is 12.1. The van der Waals surface area contributed by atoms with Crippen molar-refractivity contribution in [2.45, 2.75) is 57.5 Å². The summed E-state index contributed by atoms with van der Waals surface area (Å²) in [6.45, 7) is 2.68. The molecule has 108 valence electrons. The molecule has 0 aromatic rings. The van der Waals surface area contributed by atoms with E-state index in [2.05, 4.69) is 12.2 Å². The average Bonchev–Trinajstić information content (AvgIpc) is 3.15. The summed E-state index contributed by atoms with van der Waals surface area (Å²) in [7, 11) is 0. The van der Waals surface area contributed by atoms with Gasteiger partial charge in [0.2, 0.25) is 0 Å². The highest BCUT2D eigenvalue weighted by molar-refractivity contribution is 5.09. The number of fused-ring (bicyclic) bond motifs is 2. The summed E-state index contributed by atoms with van der Waals surface area (Å²) < 4.78 is 11.2. The summed E-state index contributed by atoms with van der Waals surface area (Å²) in [4.78, 5) is 0. The first-order valence-electron chi connectivity index (χ1n) is 8.29. The van der Waals surface area contributed by atoms with Crippen molar-refractivity contribution in [1.82, 2.24) is 0 Å². The molecule has 4 unspecified atom stereocenters. The predicted octanol–water partition coefficient (Wildman–Crippen LogP) is 3.95. The number of unbranched alkanes of at least 4 members (excludes halogenated alkanes) is 2. The van der Waals surface area contributed by atoms with Crippen molar-refractivity contribution in [3.63, 3.8) is 0 Å². The van der Waals surface area contributed by atoms with Crippen LogP contribution in [0.25, 0.3) is 0 Å². The van der Waals surface area contributed by atoms with Crippen molar-refractivity contribution in [2.75, 3.05) is 19.8 Å². The Hall–Kier alpha value is -0.340. The fourth-order valence-electron chi connectivity index (χ4n) is 4.00. The van der Waals surface area contributed by atoms with Gasteiger partial charge in [-0.3, -0.25) is 0 Å². The van der Waals surface area contributed by atoms with Crippen LogP contribution in [0.3, 0.4) is 0 Å². The highest BCUT2D eigenvalue weighted by Crippen LogP contribution is 2.45. The highest BCUT2D eigenvalue weighted by atomic mass is 16.5. The van der Waals surface area contributed by atoms with Crippen molar-refractivity contribution in [1.29, 1.82) is 0 Å². The second-order valence-corrected chi connectivity index (χ2v) is 6.60. The maximum absolute atomic E-state index is 5.70. The van der Waals surface area contributed by atoms with Crippen molar-refractivity contribution in [2.24, 2.45) is 17.8 Å². The van der Waals surface area contributed by atoms with E-state index in [9.17, 15) is 0 Å². The molecule has 3 aliphatic rings. The van der Waals surface area contributed by atoms with Crippen LogP contribution in [0.2, 0.25) is 0 Å². The van der Waals surface area contributed by atoms with Gasteiger partial charge in [0.1, 0.15) is 0 Å². The summed E-state index contributed by atoms with van der Waals surface area (Å²) in [6.07, 6.45) is 16.0. The molecule has 4 atom stereocenters. The predicted molar refractivity (Wildman–Crippen MR) is 77.1 cm³/mol. The van der Waals surface area contributed by atoms with Crippen molar-refractivity contribution < 1.29 is 9.47 Å². The van der Waals surface area contributed by atoms with Crippen LogP contribution in [-0.4, -0.2) is 25.9 Å². The normalized spacial score (nSPS) is 36.4. The lowest BCUT2D eigenvalue weighted by molar-refractivity contribution is 0.0160. The monoisotopic (exact) mass is 264 g/mol. The third-order valence-corrected chi connectivity index (χ3v) is 5.11. The summed E-state index contributed by atoms with van der Waals surface area (Å²) in [5.74, 6) is 2.87. The second-order valence-electron chi connectivity index (χ2n) is 6.60. The Balaban J connectivity index is 1.16. The summed E-state index contributed by atoms with van der Waals surface area (Å²) >= 11 is 0. The van der Waals surface area contributed by atoms with Gasteiger partial charge in [0.15, 0.2) is 0 Å². The number of hydrogen-bond acceptors (Lipinski definition) is 2. The number of hydrogen-bond donors (Lipinski definition) is 0. The first kappa shape index (κ1) is 13.6. The van der Waals surface area contributed by atoms with Gasteiger partial charge in [0.25, 0.3) is 0 Å². The summed E-state index contributed by atoms with van der Waals surface area (Å²) in [6, 6.07) is 0. The molecule has 0 amide bonds. The van der Waals surface area contributed by atoms with Crippen LogP contribution < -0.4 is 0 Å². The van der Waals surface area contributed by atoms with E-state index in [0.29, 0.717) is 6.10 Å². The van der Waals surface area contributed by atoms with Gasteiger partial charge in [-0.1, -0.05) is 25.0 Å². The van der Waals surface area contributed by atoms with Crippen molar-refractivity contribution in [3.05, 3.63) is 12.2 Å². The summed E-state index contributed by atoms with van der Waals surface area (Å²) in [5, 5.41) is 0. The van der Waals surface area contributed by atoms with Crippen LogP contribution in [0.5, 0.6) is 0 Å². The molecule has 2 bridgehead atoms. The maximum Gasteiger partial charge on any atom is 0.0809 e. The topological polar surface area (TPSA) is 18.5 Å². The molecule has 1 aliphatic heterocycles. The lowest BCUT2D eigenvalue weighted by atomic mass is 9.89. The molecule has 2 nitrogen and oxygen atoms in total. The third kappa shape index (κ3) is 3.82. The van der Waals surface area contributed by atoms with Gasteiger partial charge < -0.3 is 9.47 Å². The molecule has 0 radical (unpaired) electrons. The van der Waals surface area contributed by atoms with Gasteiger partial charge in [-0.25, -0.2) is 0 Å². The molecular weight excluding hydrogens is 236 g/mol. The quantitative estimate of drug-likeness (QED) is 0.488. The second kappa shape index (κ2) is 6.90. The molecule has 1 heterocycles. The molecule has 2 aliphatic carbocycles. The standard InChI is InChI=1S/C17H28O2/c1(3-9-18-13-17-6-4-10-19-17)2-5-15-11-14-7-8-16(15)12-14/h7-8,14-17H,1-6,9-13H2. The molecule has 1 saturated heterocycles. The molecule has 19 heavy (non-hydrogen) atoms. The highest BCUT2D eigenvalue weighted by Gasteiger charge is 2.34. The number of allylic oxidation sites excluding steroid dienone is 2. The van der Waals surface area contributed by atoms with Gasteiger partial charge in [-0.2, -0.15) is 0 Å². The molecule has 0 aromatic heterocycles. The third-order valence-electron chi connectivity index (χ3n) is 5.11. The Bertz CT molecular complexity index is 294. The Morgan fingerprint density at radius 1 is 1.11 bits per heavy atom. The lowest BCUT2D eigenvalue weighted by Gasteiger charge is -2.17. The van der Waals surface area contributed by atoms with Gasteiger partial charge in [-0.05, 0) is 56.3 Å². The molecule has 3 rings (SSSR count). The first-order valence-corrected chi connectivity index (χ1v) is 8.29. The van der Waals surface area contributed by atoms with E-state index in [1.807, 2.05) is 0 Å². The zero-order valence-corrected chi connectivity index (χ0v) is 12.1. The van der Waals surface area contributed by atoms with E-state index in [-0.39, 0.29) is 0 Å². The Morgan fingerprint density at radius 3 is 2.84 bits per heavy atom. The van der Waals surface area contributed by atoms with E-state index in [1.54, 1.807) is 0 Å². The zero-order chi connectivity index (χ0) is 12.9. The molecule has 2 fully saturated rings. The number of rotatable bonds is 8. The van der Waals surface area contributed by atoms with Gasteiger partial charge in [0.05, 0.1) is 12.7 Å². The van der Waals surface area contributed by atoms with E-state index in [4.69, 9.17) is 9.47 Å². The SMILES string of the molecule is C1=CC2CC1CC2CCCCCOCC1CCCO1. The molecule has 2 heteroatoms. The van der Waals surface area contributed by atoms with Gasteiger partial charge >= 0.3 is 0 Å². The Kier molecular flexibility index (Phi) is 4.95. The van der Waals surface area contributed by atoms with E-state index < -0.39 is 0 Å². The summed E-state index contributed by atoms with van der Waals surface area (Å²) in [5.41, 5.74) is 0. The maximum atomic E-state index is 5.70. The Labute approximate surface area is 117 Å². The fraction of sp³-hybridized carbons (Fsp3) is 0.882. The van der Waals surface area contributed by atoms with Crippen LogP contribution in [0, 0.1) is 17.8 Å². The van der Waals surface area contributed by atoms with Crippen LogP contribution in [-0.2, 0) is 9.47 Å². The molecule has 1 saturated carbocycles. The number of ether oxygens (including phenoxy) is 2. The fourth-order valence-corrected chi connectivity index (χ4v) is 4.00. The first-order chi connectivity index (χ1) is 9.42. The molecule has 0 aromatic carbocycles. The van der Waals surface area contributed by atoms with E-state index in [0.717, 1.165) is 37.6 Å². The molecule has 0 N–H and O–H groups in total. The average molecular weight is 264 g/mol. The van der Waals surface area contributed by atoms with Crippen molar-refractivity contribution in [3.8, 4) is 0 Å². The van der Waals surface area contributed by atoms with Crippen LogP contribution in [0.4, 0.5) is 0 Å². The van der Waals surface area contributed by atoms with Gasteiger partial charge in [0, 0.05) is 13.2 Å². The largest absolute Gasteiger partial charge is 0.379 e. The van der Waals surface area contributed by atoms with Crippen LogP contribution in [0.15, 0.2) is 12.2 Å². The minimum Gasteiger partial charge on any atom is -0.379 e. The minimum absolute atomic E-state index is 0.390. The molecule has 0 spiro atoms. The van der Waals surface area contributed by atoms with E-state index in [1.165, 1.54) is 51.4 Å². The smallest absolute Gasteiger partial charge is 0.0809 e. The Morgan fingerprint density at radius 2 is 2.11 bits per heavy atom. The van der Waals surface area contributed by atoms with Gasteiger partial charge in [-0.15, -0.1) is 0 Å². The molecular formula is C17H28O2. The minimum atomic E-state index is 0.390.